The third-order valence-electron chi connectivity index (χ3n) is 10.1. The van der Waals surface area contributed by atoms with E-state index in [2.05, 4.69) is 31.9 Å². The average Bonchev–Trinajstić information content (AvgIpc) is 3.77. The number of aliphatic carboxylic acids is 3. The summed E-state index contributed by atoms with van der Waals surface area (Å²) in [7, 11) is 0. The second kappa shape index (κ2) is 26.8. The number of amides is 8. The SMILES string of the molecule is CC(C)[C@H](NC(=O)[C@H](CO)NC(=O)[C@H](Cc1ccc(O)cc1)NC(=O)[C@@H]1CCCN1C(=O)[C@H](CC(=O)O)NC(=O)[C@H](CO)NC(=O)[C@@H](N)CO)C(=O)N[C@@H](CO)C(=O)N[C@@H](CC(=O)O)C(=O)O. The van der Waals surface area contributed by atoms with Crippen LogP contribution in [0, 0.1) is 5.92 Å². The Hall–Kier alpha value is -7.01. The molecule has 1 saturated heterocycles. The molecule has 2 rings (SSSR count). The van der Waals surface area contributed by atoms with Crippen molar-refractivity contribution in [3.05, 3.63) is 29.8 Å². The molecular formula is C39H57N9O19. The van der Waals surface area contributed by atoms with Gasteiger partial charge in [0, 0.05) is 13.0 Å². The molecule has 1 aromatic carbocycles. The number of rotatable bonds is 27. The number of aliphatic hydroxyl groups excluding tert-OH is 4. The van der Waals surface area contributed by atoms with Crippen LogP contribution in [0.5, 0.6) is 5.75 Å². The number of aromatic hydroxyl groups is 1. The lowest BCUT2D eigenvalue weighted by Gasteiger charge is -2.30. The first-order chi connectivity index (χ1) is 31.5. The minimum Gasteiger partial charge on any atom is -0.508 e. The largest absolute Gasteiger partial charge is 0.508 e. The van der Waals surface area contributed by atoms with Crippen LogP contribution in [0.15, 0.2) is 24.3 Å². The summed E-state index contributed by atoms with van der Waals surface area (Å²) in [5.74, 6) is -14.8. The number of hydrogen-bond donors (Lipinski definition) is 16. The molecule has 0 aromatic heterocycles. The average molecular weight is 956 g/mol. The van der Waals surface area contributed by atoms with Crippen LogP contribution in [0.4, 0.5) is 0 Å². The summed E-state index contributed by atoms with van der Waals surface area (Å²) in [4.78, 5) is 141. The van der Waals surface area contributed by atoms with E-state index in [0.29, 0.717) is 5.56 Å². The van der Waals surface area contributed by atoms with Crippen molar-refractivity contribution in [3.63, 3.8) is 0 Å². The van der Waals surface area contributed by atoms with Crippen LogP contribution in [-0.4, -0.2) is 198 Å². The number of carbonyl (C=O) groups is 11. The summed E-state index contributed by atoms with van der Waals surface area (Å²) in [6.07, 6.45) is -2.25. The molecule has 1 fully saturated rings. The van der Waals surface area contributed by atoms with Crippen LogP contribution in [0.1, 0.15) is 45.1 Å². The van der Waals surface area contributed by atoms with Gasteiger partial charge in [-0.2, -0.15) is 0 Å². The maximum atomic E-state index is 13.9. The topological polar surface area (TPSA) is 463 Å². The van der Waals surface area contributed by atoms with Gasteiger partial charge in [0.25, 0.3) is 0 Å². The molecule has 67 heavy (non-hydrogen) atoms. The van der Waals surface area contributed by atoms with E-state index in [1.165, 1.54) is 38.1 Å². The minimum atomic E-state index is -1.93. The fourth-order valence-corrected chi connectivity index (χ4v) is 6.41. The first-order valence-electron chi connectivity index (χ1n) is 20.5. The van der Waals surface area contributed by atoms with Crippen molar-refractivity contribution >= 4 is 65.2 Å². The molecule has 9 atom stereocenters. The van der Waals surface area contributed by atoms with Gasteiger partial charge in [0.1, 0.15) is 60.1 Å². The predicted octanol–water partition coefficient (Wildman–Crippen LogP) is -7.69. The third kappa shape index (κ3) is 17.4. The molecule has 372 valence electrons. The van der Waals surface area contributed by atoms with Gasteiger partial charge in [0.05, 0.1) is 39.3 Å². The van der Waals surface area contributed by atoms with Gasteiger partial charge in [0.15, 0.2) is 0 Å². The highest BCUT2D eigenvalue weighted by Gasteiger charge is 2.41. The minimum absolute atomic E-state index is 0.0329. The van der Waals surface area contributed by atoms with Crippen LogP contribution in [0.2, 0.25) is 0 Å². The molecule has 8 amide bonds. The van der Waals surface area contributed by atoms with E-state index in [4.69, 9.17) is 15.9 Å². The molecule has 0 bridgehead atoms. The molecule has 0 aliphatic carbocycles. The van der Waals surface area contributed by atoms with E-state index >= 15 is 0 Å². The highest BCUT2D eigenvalue weighted by atomic mass is 16.4. The number of nitrogens with zero attached hydrogens (tertiary/aromatic N) is 1. The Morgan fingerprint density at radius 2 is 1.04 bits per heavy atom. The van der Waals surface area contributed by atoms with Crippen LogP contribution >= 0.6 is 0 Å². The number of phenolic OH excluding ortho intramolecular Hbond substituents is 1. The van der Waals surface area contributed by atoms with Gasteiger partial charge in [0.2, 0.25) is 47.3 Å². The predicted molar refractivity (Wildman–Crippen MR) is 223 cm³/mol. The summed E-state index contributed by atoms with van der Waals surface area (Å²) in [5, 5.41) is 91.6. The second-order valence-electron chi connectivity index (χ2n) is 15.5. The summed E-state index contributed by atoms with van der Waals surface area (Å²) < 4.78 is 0. The summed E-state index contributed by atoms with van der Waals surface area (Å²) in [5.41, 5.74) is 5.77. The van der Waals surface area contributed by atoms with E-state index in [9.17, 15) is 83.4 Å². The maximum absolute atomic E-state index is 13.9. The third-order valence-corrected chi connectivity index (χ3v) is 10.1. The molecule has 28 heteroatoms. The molecule has 0 radical (unpaired) electrons. The first kappa shape index (κ1) is 56.1. The molecule has 0 saturated carbocycles. The zero-order valence-corrected chi connectivity index (χ0v) is 36.2. The smallest absolute Gasteiger partial charge is 0.326 e. The van der Waals surface area contributed by atoms with Gasteiger partial charge in [-0.1, -0.05) is 26.0 Å². The Balaban J connectivity index is 2.33. The van der Waals surface area contributed by atoms with Crippen LogP contribution in [0.25, 0.3) is 0 Å². The monoisotopic (exact) mass is 955 g/mol. The van der Waals surface area contributed by atoms with Crippen LogP contribution in [0.3, 0.4) is 0 Å². The van der Waals surface area contributed by atoms with Gasteiger partial charge >= 0.3 is 17.9 Å². The molecule has 1 heterocycles. The molecule has 0 unspecified atom stereocenters. The van der Waals surface area contributed by atoms with E-state index in [1.807, 2.05) is 5.32 Å². The number of nitrogens with two attached hydrogens (primary N) is 1. The highest BCUT2D eigenvalue weighted by molar-refractivity contribution is 5.99. The number of benzene rings is 1. The number of aliphatic hydroxyl groups is 4. The lowest BCUT2D eigenvalue weighted by atomic mass is 10.0. The molecule has 28 nitrogen and oxygen atoms in total. The van der Waals surface area contributed by atoms with Crippen molar-refractivity contribution < 1.29 is 93.6 Å². The quantitative estimate of drug-likeness (QED) is 0.0389. The van der Waals surface area contributed by atoms with Crippen molar-refractivity contribution in [2.75, 3.05) is 33.0 Å². The lowest BCUT2D eigenvalue weighted by Crippen LogP contribution is -2.62. The Bertz CT molecular complexity index is 1970. The highest BCUT2D eigenvalue weighted by Crippen LogP contribution is 2.21. The lowest BCUT2D eigenvalue weighted by molar-refractivity contribution is -0.147. The summed E-state index contributed by atoms with van der Waals surface area (Å²) in [6, 6.07) is -9.90. The standard InChI is InChI=1S/C39H57N9O19/c1-17(2)30(37(64)46-25(15-51)34(61)43-23(39(66)67)12-29(56)57)47-35(62)26(16-52)45-32(59)21(10-18-5-7-19(53)8-6-18)41-36(63)27-4-3-9-48(27)38(65)22(11-28(54)55)42-33(60)24(14-50)44-31(58)20(40)13-49/h5-8,17,20-27,30,49-53H,3-4,9-16,40H2,1-2H3,(H,41,63)(H,42,60)(H,43,61)(H,44,58)(H,45,59)(H,46,64)(H,47,62)(H,54,55)(H,56,57)(H,66,67)/t20-,21-,22-,23-,24-,25-,26-,27-,30-/m0/s1. The Morgan fingerprint density at radius 3 is 1.52 bits per heavy atom. The van der Waals surface area contributed by atoms with Gasteiger partial charge in [-0.25, -0.2) is 4.79 Å². The number of likely N-dealkylation sites (tertiary alicyclic amines) is 1. The van der Waals surface area contributed by atoms with Crippen molar-refractivity contribution in [1.82, 2.24) is 42.1 Å². The first-order valence-corrected chi connectivity index (χ1v) is 20.5. The zero-order chi connectivity index (χ0) is 50.7. The van der Waals surface area contributed by atoms with Crippen LogP contribution in [-0.2, 0) is 59.2 Å². The van der Waals surface area contributed by atoms with E-state index in [-0.39, 0.29) is 31.6 Å². The van der Waals surface area contributed by atoms with Crippen molar-refractivity contribution in [2.45, 2.75) is 100 Å². The van der Waals surface area contributed by atoms with Crippen LogP contribution < -0.4 is 43.0 Å². The van der Waals surface area contributed by atoms with Gasteiger partial charge in [-0.3, -0.25) is 47.9 Å². The fraction of sp³-hybridized carbons (Fsp3) is 0.564. The second-order valence-corrected chi connectivity index (χ2v) is 15.5. The number of phenols is 1. The van der Waals surface area contributed by atoms with E-state index < -0.39 is 165 Å². The maximum Gasteiger partial charge on any atom is 0.326 e. The summed E-state index contributed by atoms with van der Waals surface area (Å²) in [6.45, 7) is -1.30. The van der Waals surface area contributed by atoms with E-state index in [1.54, 1.807) is 0 Å². The van der Waals surface area contributed by atoms with Gasteiger partial charge in [-0.15, -0.1) is 0 Å². The molecule has 0 spiro atoms. The van der Waals surface area contributed by atoms with Gasteiger partial charge in [-0.05, 0) is 36.5 Å². The number of nitrogens with one attached hydrogen (secondary N) is 7. The number of hydrogen-bond acceptors (Lipinski definition) is 17. The molecule has 17 N–H and O–H groups in total. The van der Waals surface area contributed by atoms with Crippen molar-refractivity contribution in [1.29, 1.82) is 0 Å². The number of carbonyl (C=O) groups excluding carboxylic acids is 8. The Labute approximate surface area is 381 Å². The molecular weight excluding hydrogens is 898 g/mol. The zero-order valence-electron chi connectivity index (χ0n) is 36.2. The summed E-state index contributed by atoms with van der Waals surface area (Å²) >= 11 is 0. The van der Waals surface area contributed by atoms with Crippen molar-refractivity contribution in [2.24, 2.45) is 11.7 Å². The molecule has 1 aliphatic heterocycles. The van der Waals surface area contributed by atoms with E-state index in [0.717, 1.165) is 4.90 Å². The fourth-order valence-electron chi connectivity index (χ4n) is 6.41. The Kier molecular flexibility index (Phi) is 22.5. The van der Waals surface area contributed by atoms with Gasteiger partial charge < -0.3 is 88.7 Å². The number of carboxylic acids is 3. The molecule has 1 aliphatic rings. The van der Waals surface area contributed by atoms with Crippen molar-refractivity contribution in [3.8, 4) is 5.75 Å². The normalized spacial score (nSPS) is 16.9. The Morgan fingerprint density at radius 1 is 0.597 bits per heavy atom. The molecule has 1 aromatic rings. The number of carboxylic acid groups (broad SMARTS) is 3.